The van der Waals surface area contributed by atoms with E-state index in [9.17, 15) is 0 Å². The van der Waals surface area contributed by atoms with Crippen LogP contribution >= 0.6 is 11.8 Å². The lowest BCUT2D eigenvalue weighted by Crippen LogP contribution is -2.08. The third-order valence-electron chi connectivity index (χ3n) is 2.41. The van der Waals surface area contributed by atoms with Gasteiger partial charge in [0.05, 0.1) is 5.04 Å². The molecular formula is C13H25NS. The molecule has 0 unspecified atom stereocenters. The summed E-state index contributed by atoms with van der Waals surface area (Å²) in [4.78, 5) is 4.54. The molecular weight excluding hydrogens is 202 g/mol. The van der Waals surface area contributed by atoms with E-state index >= 15 is 0 Å². The number of nitrogens with zero attached hydrogens (tertiary/aromatic N) is 1. The molecule has 88 valence electrons. The lowest BCUT2D eigenvalue weighted by Gasteiger charge is -2.14. The smallest absolute Gasteiger partial charge is 0.0684 e. The van der Waals surface area contributed by atoms with Gasteiger partial charge in [0.2, 0.25) is 0 Å². The molecule has 0 aromatic carbocycles. The van der Waals surface area contributed by atoms with E-state index < -0.39 is 6.37 Å². The molecule has 15 heavy (non-hydrogen) atoms. The summed E-state index contributed by atoms with van der Waals surface area (Å²) in [6, 6.07) is 0.174. The Morgan fingerprint density at radius 3 is 2.40 bits per heavy atom. The van der Waals surface area contributed by atoms with Gasteiger partial charge in [-0.15, -0.1) is 11.8 Å². The van der Waals surface area contributed by atoms with Crippen molar-refractivity contribution in [2.45, 2.75) is 71.0 Å². The third-order valence-corrected chi connectivity index (χ3v) is 3.32. The molecule has 1 aliphatic rings. The molecule has 0 aliphatic heterocycles. The van der Waals surface area contributed by atoms with Crippen LogP contribution < -0.4 is 0 Å². The summed E-state index contributed by atoms with van der Waals surface area (Å²) in [7, 11) is 0. The second-order valence-electron chi connectivity index (χ2n) is 4.82. The van der Waals surface area contributed by atoms with Crippen molar-refractivity contribution in [1.82, 2.24) is 0 Å². The van der Waals surface area contributed by atoms with Gasteiger partial charge in [-0.25, -0.2) is 0 Å². The van der Waals surface area contributed by atoms with Gasteiger partial charge in [0.15, 0.2) is 0 Å². The normalized spacial score (nSPS) is 22.4. The highest BCUT2D eigenvalue weighted by Crippen LogP contribution is 2.30. The average Bonchev–Trinajstić information content (AvgIpc) is 2.68. The number of aliphatic imine (C=N–C) groups is 1. The van der Waals surface area contributed by atoms with Crippen LogP contribution in [0.2, 0.25) is 0 Å². The van der Waals surface area contributed by atoms with Crippen molar-refractivity contribution in [3.63, 3.8) is 0 Å². The Kier molecular flexibility index (Phi) is 4.46. The molecule has 1 nitrogen and oxygen atoms in total. The minimum atomic E-state index is -1.23. The van der Waals surface area contributed by atoms with Crippen molar-refractivity contribution >= 4 is 16.8 Å². The van der Waals surface area contributed by atoms with Crippen LogP contribution in [0.25, 0.3) is 0 Å². The minimum Gasteiger partial charge on any atom is -0.280 e. The highest BCUT2D eigenvalue weighted by atomic mass is 32.2. The Morgan fingerprint density at radius 1 is 1.33 bits per heavy atom. The van der Waals surface area contributed by atoms with Crippen LogP contribution in [0.15, 0.2) is 4.99 Å². The molecule has 2 heteroatoms. The first-order valence-corrected chi connectivity index (χ1v) is 6.97. The fraction of sp³-hybridized carbons (Fsp3) is 0.923. The number of hydrogen-bond donors (Lipinski definition) is 0. The first kappa shape index (κ1) is 10.2. The zero-order valence-electron chi connectivity index (χ0n) is 12.4. The molecule has 1 fully saturated rings. The van der Waals surface area contributed by atoms with Crippen LogP contribution in [0.1, 0.15) is 62.5 Å². The standard InChI is InChI=1S/C13H25NS/c1-10(2)14-13(15-11(3)4)9-12-7-5-6-8-12/h10-12H,5-9H2,1-4H3/i9D2. The predicted octanol–water partition coefficient (Wildman–Crippen LogP) is 4.52. The predicted molar refractivity (Wildman–Crippen MR) is 71.9 cm³/mol. The molecule has 0 aromatic heterocycles. The highest BCUT2D eigenvalue weighted by molar-refractivity contribution is 8.14. The largest absolute Gasteiger partial charge is 0.280 e. The quantitative estimate of drug-likeness (QED) is 0.510. The van der Waals surface area contributed by atoms with E-state index in [2.05, 4.69) is 18.8 Å². The summed E-state index contributed by atoms with van der Waals surface area (Å²) in [5, 5.41) is 1.11. The minimum absolute atomic E-state index is 0.172. The maximum absolute atomic E-state index is 8.38. The van der Waals surface area contributed by atoms with Crippen molar-refractivity contribution in [2.24, 2.45) is 10.9 Å². The lowest BCUT2D eigenvalue weighted by molar-refractivity contribution is 0.574. The summed E-state index contributed by atoms with van der Waals surface area (Å²) < 4.78 is 16.8. The summed E-state index contributed by atoms with van der Waals surface area (Å²) in [5.41, 5.74) is 0. The van der Waals surface area contributed by atoms with E-state index in [-0.39, 0.29) is 12.0 Å². The Balaban J connectivity index is 2.86. The van der Waals surface area contributed by atoms with E-state index in [1.807, 2.05) is 13.8 Å². The topological polar surface area (TPSA) is 12.4 Å². The first-order chi connectivity index (χ1) is 7.84. The third kappa shape index (κ3) is 5.60. The summed E-state index contributed by atoms with van der Waals surface area (Å²) >= 11 is 1.60. The van der Waals surface area contributed by atoms with Gasteiger partial charge < -0.3 is 0 Å². The molecule has 1 rings (SSSR count). The molecule has 0 bridgehead atoms. The Hall–Kier alpha value is 0.0200. The van der Waals surface area contributed by atoms with Gasteiger partial charge in [0, 0.05) is 14.0 Å². The average molecular weight is 229 g/mol. The Labute approximate surface area is 102 Å². The zero-order chi connectivity index (χ0) is 13.1. The second kappa shape index (κ2) is 6.57. The lowest BCUT2D eigenvalue weighted by atomic mass is 10.1. The first-order valence-electron chi connectivity index (χ1n) is 7.09. The van der Waals surface area contributed by atoms with Crippen molar-refractivity contribution in [3.8, 4) is 0 Å². The van der Waals surface area contributed by atoms with Crippen molar-refractivity contribution in [3.05, 3.63) is 0 Å². The van der Waals surface area contributed by atoms with Gasteiger partial charge in [-0.05, 0) is 26.1 Å². The fourth-order valence-corrected chi connectivity index (χ4v) is 2.76. The van der Waals surface area contributed by atoms with Crippen molar-refractivity contribution < 1.29 is 2.74 Å². The van der Waals surface area contributed by atoms with E-state index in [0.29, 0.717) is 5.25 Å². The SMILES string of the molecule is [2H]C([2H])(C(=NC(C)C)SC(C)C)C1CCCC1. The van der Waals surface area contributed by atoms with Crippen LogP contribution in [0, 0.1) is 5.92 Å². The van der Waals surface area contributed by atoms with Gasteiger partial charge in [-0.3, -0.25) is 4.99 Å². The summed E-state index contributed by atoms with van der Waals surface area (Å²) in [5.74, 6) is 0.172. The molecule has 0 N–H and O–H groups in total. The van der Waals surface area contributed by atoms with Crippen molar-refractivity contribution in [2.75, 3.05) is 0 Å². The van der Waals surface area contributed by atoms with E-state index in [0.717, 1.165) is 17.9 Å². The number of hydrogen-bond acceptors (Lipinski definition) is 2. The van der Waals surface area contributed by atoms with Gasteiger partial charge in [-0.2, -0.15) is 0 Å². The van der Waals surface area contributed by atoms with Gasteiger partial charge in [0.25, 0.3) is 0 Å². The Bertz CT molecular complexity index is 269. The highest BCUT2D eigenvalue weighted by Gasteiger charge is 2.18. The molecule has 0 radical (unpaired) electrons. The molecule has 0 amide bonds. The van der Waals surface area contributed by atoms with Gasteiger partial charge >= 0.3 is 0 Å². The monoisotopic (exact) mass is 229 g/mol. The Morgan fingerprint density at radius 2 is 1.93 bits per heavy atom. The van der Waals surface area contributed by atoms with E-state index in [4.69, 9.17) is 2.74 Å². The van der Waals surface area contributed by atoms with Crippen LogP contribution in [0.4, 0.5) is 0 Å². The van der Waals surface area contributed by atoms with Crippen LogP contribution in [-0.2, 0) is 0 Å². The molecule has 0 aromatic rings. The van der Waals surface area contributed by atoms with Gasteiger partial charge in [-0.1, -0.05) is 39.5 Å². The summed E-state index contributed by atoms with van der Waals surface area (Å²) in [6.45, 7) is 8.24. The molecule has 0 atom stereocenters. The molecule has 0 heterocycles. The van der Waals surface area contributed by atoms with E-state index in [1.54, 1.807) is 11.8 Å². The van der Waals surface area contributed by atoms with Crippen LogP contribution in [-0.4, -0.2) is 16.3 Å². The number of thioether (sulfide) groups is 1. The van der Waals surface area contributed by atoms with Crippen LogP contribution in [0.5, 0.6) is 0 Å². The van der Waals surface area contributed by atoms with Crippen LogP contribution in [0.3, 0.4) is 0 Å². The van der Waals surface area contributed by atoms with Crippen molar-refractivity contribution in [1.29, 1.82) is 0 Å². The fourth-order valence-electron chi connectivity index (χ4n) is 1.80. The van der Waals surface area contributed by atoms with Gasteiger partial charge in [0.1, 0.15) is 0 Å². The van der Waals surface area contributed by atoms with E-state index in [1.165, 1.54) is 12.8 Å². The molecule has 0 spiro atoms. The maximum Gasteiger partial charge on any atom is 0.0684 e. The maximum atomic E-state index is 8.38. The molecule has 0 saturated heterocycles. The second-order valence-corrected chi connectivity index (χ2v) is 6.39. The summed E-state index contributed by atoms with van der Waals surface area (Å²) in [6.07, 6.45) is 3.15. The molecule has 1 saturated carbocycles. The molecule has 1 aliphatic carbocycles. The number of rotatable bonds is 4. The zero-order valence-corrected chi connectivity index (χ0v) is 11.2.